The number of hydrogen-bond donors (Lipinski definition) is 1. The van der Waals surface area contributed by atoms with Crippen molar-refractivity contribution in [3.63, 3.8) is 0 Å². The quantitative estimate of drug-likeness (QED) is 0.810. The average molecular weight is 313 g/mol. The molecule has 0 saturated heterocycles. The van der Waals surface area contributed by atoms with Gasteiger partial charge in [0.05, 0.1) is 10.7 Å². The third-order valence-electron chi connectivity index (χ3n) is 2.28. The molecule has 0 bridgehead atoms. The minimum atomic E-state index is 0.542. The Morgan fingerprint density at radius 1 is 1.12 bits per heavy atom. The fourth-order valence-electron chi connectivity index (χ4n) is 1.41. The highest BCUT2D eigenvalue weighted by Gasteiger charge is 2.06. The maximum atomic E-state index is 6.08. The molecule has 0 amide bonds. The molecule has 0 radical (unpaired) electrons. The molecule has 0 aliphatic rings. The second kappa shape index (κ2) is 4.98. The molecule has 0 spiro atoms. The number of ether oxygens (including phenoxy) is 1. The van der Waals surface area contributed by atoms with Crippen LogP contribution in [0.5, 0.6) is 11.5 Å². The van der Waals surface area contributed by atoms with E-state index in [1.54, 1.807) is 12.1 Å². The maximum absolute atomic E-state index is 6.08. The lowest BCUT2D eigenvalue weighted by molar-refractivity contribution is 0.485. The summed E-state index contributed by atoms with van der Waals surface area (Å²) in [7, 11) is 0. The molecule has 2 N–H and O–H groups in total. The van der Waals surface area contributed by atoms with Crippen molar-refractivity contribution in [1.29, 1.82) is 0 Å². The van der Waals surface area contributed by atoms with Crippen LogP contribution in [0.4, 0.5) is 5.69 Å². The van der Waals surface area contributed by atoms with Gasteiger partial charge in [0.2, 0.25) is 0 Å². The van der Waals surface area contributed by atoms with Crippen LogP contribution < -0.4 is 10.5 Å². The van der Waals surface area contributed by atoms with Gasteiger partial charge in [-0.3, -0.25) is 0 Å². The van der Waals surface area contributed by atoms with Crippen molar-refractivity contribution >= 4 is 33.2 Å². The zero-order chi connectivity index (χ0) is 12.4. The Hall–Kier alpha value is -1.19. The van der Waals surface area contributed by atoms with Gasteiger partial charge in [0, 0.05) is 4.47 Å². The van der Waals surface area contributed by atoms with E-state index in [9.17, 15) is 0 Å². The van der Waals surface area contributed by atoms with Gasteiger partial charge in [0.1, 0.15) is 5.75 Å². The molecule has 0 aromatic heterocycles. The topological polar surface area (TPSA) is 35.2 Å². The molecule has 0 heterocycles. The van der Waals surface area contributed by atoms with Crippen molar-refractivity contribution in [2.75, 3.05) is 5.73 Å². The van der Waals surface area contributed by atoms with Crippen LogP contribution in [0.1, 0.15) is 5.56 Å². The predicted octanol–water partition coefficient (Wildman–Crippen LogP) is 4.79. The van der Waals surface area contributed by atoms with E-state index in [1.807, 2.05) is 31.2 Å². The Labute approximate surface area is 113 Å². The zero-order valence-corrected chi connectivity index (χ0v) is 11.5. The zero-order valence-electron chi connectivity index (χ0n) is 9.21. The third kappa shape index (κ3) is 2.93. The summed E-state index contributed by atoms with van der Waals surface area (Å²) in [6, 6.07) is 11.1. The summed E-state index contributed by atoms with van der Waals surface area (Å²) in [4.78, 5) is 0. The lowest BCUT2D eigenvalue weighted by atomic mass is 10.2. The molecule has 0 aliphatic heterocycles. The minimum Gasteiger partial charge on any atom is -0.454 e. The smallest absolute Gasteiger partial charge is 0.150 e. The number of rotatable bonds is 2. The predicted molar refractivity (Wildman–Crippen MR) is 74.8 cm³/mol. The second-order valence-electron chi connectivity index (χ2n) is 3.72. The van der Waals surface area contributed by atoms with Crippen molar-refractivity contribution in [2.45, 2.75) is 6.92 Å². The van der Waals surface area contributed by atoms with E-state index in [0.29, 0.717) is 22.2 Å². The van der Waals surface area contributed by atoms with E-state index in [-0.39, 0.29) is 0 Å². The summed E-state index contributed by atoms with van der Waals surface area (Å²) in [5.41, 5.74) is 7.52. The highest BCUT2D eigenvalue weighted by Crippen LogP contribution is 2.34. The SMILES string of the molecule is Cc1ccc(N)c(Oc2ccc(Br)cc2Cl)c1. The lowest BCUT2D eigenvalue weighted by Crippen LogP contribution is -1.93. The number of nitrogens with two attached hydrogens (primary N) is 1. The molecular formula is C13H11BrClNO. The van der Waals surface area contributed by atoms with Gasteiger partial charge >= 0.3 is 0 Å². The van der Waals surface area contributed by atoms with E-state index in [0.717, 1.165) is 10.0 Å². The van der Waals surface area contributed by atoms with Crippen LogP contribution in [0.2, 0.25) is 5.02 Å². The number of hydrogen-bond acceptors (Lipinski definition) is 2. The summed E-state index contributed by atoms with van der Waals surface area (Å²) in [6.45, 7) is 1.98. The highest BCUT2D eigenvalue weighted by atomic mass is 79.9. The van der Waals surface area contributed by atoms with Crippen LogP contribution in [-0.2, 0) is 0 Å². The number of benzene rings is 2. The fraction of sp³-hybridized carbons (Fsp3) is 0.0769. The molecule has 88 valence electrons. The van der Waals surface area contributed by atoms with E-state index in [4.69, 9.17) is 22.1 Å². The Balaban J connectivity index is 2.34. The van der Waals surface area contributed by atoms with Crippen molar-refractivity contribution in [3.8, 4) is 11.5 Å². The van der Waals surface area contributed by atoms with E-state index >= 15 is 0 Å². The van der Waals surface area contributed by atoms with E-state index in [2.05, 4.69) is 15.9 Å². The minimum absolute atomic E-state index is 0.542. The molecule has 0 aliphatic carbocycles. The normalized spacial score (nSPS) is 10.3. The molecule has 4 heteroatoms. The number of halogens is 2. The van der Waals surface area contributed by atoms with Crippen LogP contribution in [0, 0.1) is 6.92 Å². The molecule has 0 unspecified atom stereocenters. The molecule has 0 atom stereocenters. The summed E-state index contributed by atoms with van der Waals surface area (Å²) < 4.78 is 6.61. The molecule has 17 heavy (non-hydrogen) atoms. The van der Waals surface area contributed by atoms with Crippen molar-refractivity contribution in [1.82, 2.24) is 0 Å². The Kier molecular flexibility index (Phi) is 3.60. The van der Waals surface area contributed by atoms with Gasteiger partial charge in [-0.1, -0.05) is 33.6 Å². The average Bonchev–Trinajstić information content (AvgIpc) is 2.27. The van der Waals surface area contributed by atoms with Gasteiger partial charge in [-0.2, -0.15) is 0 Å². The first-order chi connectivity index (χ1) is 8.06. The van der Waals surface area contributed by atoms with Gasteiger partial charge in [-0.05, 0) is 42.8 Å². The molecule has 2 aromatic carbocycles. The van der Waals surface area contributed by atoms with Gasteiger partial charge in [0.25, 0.3) is 0 Å². The van der Waals surface area contributed by atoms with Crippen molar-refractivity contribution in [2.24, 2.45) is 0 Å². The van der Waals surface area contributed by atoms with Gasteiger partial charge < -0.3 is 10.5 Å². The highest BCUT2D eigenvalue weighted by molar-refractivity contribution is 9.10. The molecular weight excluding hydrogens is 302 g/mol. The van der Waals surface area contributed by atoms with E-state index < -0.39 is 0 Å². The number of anilines is 1. The first-order valence-corrected chi connectivity index (χ1v) is 6.22. The van der Waals surface area contributed by atoms with Gasteiger partial charge in [-0.25, -0.2) is 0 Å². The number of aryl methyl sites for hydroxylation is 1. The Bertz CT molecular complexity index is 557. The third-order valence-corrected chi connectivity index (χ3v) is 3.07. The lowest BCUT2D eigenvalue weighted by Gasteiger charge is -2.10. The van der Waals surface area contributed by atoms with Gasteiger partial charge in [-0.15, -0.1) is 0 Å². The van der Waals surface area contributed by atoms with Crippen LogP contribution >= 0.6 is 27.5 Å². The first-order valence-electron chi connectivity index (χ1n) is 5.05. The standard InChI is InChI=1S/C13H11BrClNO/c1-8-2-4-11(16)13(6-8)17-12-5-3-9(14)7-10(12)15/h2-7H,16H2,1H3. The summed E-state index contributed by atoms with van der Waals surface area (Å²) in [6.07, 6.45) is 0. The van der Waals surface area contributed by atoms with Crippen LogP contribution in [0.3, 0.4) is 0 Å². The molecule has 0 saturated carbocycles. The second-order valence-corrected chi connectivity index (χ2v) is 5.04. The summed E-state index contributed by atoms with van der Waals surface area (Å²) in [5.74, 6) is 1.21. The molecule has 0 fully saturated rings. The van der Waals surface area contributed by atoms with Gasteiger partial charge in [0.15, 0.2) is 5.75 Å². The molecule has 2 aromatic rings. The number of nitrogen functional groups attached to an aromatic ring is 1. The molecule has 2 nitrogen and oxygen atoms in total. The van der Waals surface area contributed by atoms with Crippen molar-refractivity contribution < 1.29 is 4.74 Å². The van der Waals surface area contributed by atoms with Crippen LogP contribution in [0.15, 0.2) is 40.9 Å². The van der Waals surface area contributed by atoms with Crippen LogP contribution in [-0.4, -0.2) is 0 Å². The maximum Gasteiger partial charge on any atom is 0.150 e. The van der Waals surface area contributed by atoms with Crippen molar-refractivity contribution in [3.05, 3.63) is 51.5 Å². The fourth-order valence-corrected chi connectivity index (χ4v) is 2.12. The van der Waals surface area contributed by atoms with E-state index in [1.165, 1.54) is 0 Å². The van der Waals surface area contributed by atoms with Crippen LogP contribution in [0.25, 0.3) is 0 Å². The Morgan fingerprint density at radius 2 is 1.88 bits per heavy atom. The summed E-state index contributed by atoms with van der Waals surface area (Å²) in [5, 5.41) is 0.542. The first kappa shape index (κ1) is 12.3. The largest absolute Gasteiger partial charge is 0.454 e. The monoisotopic (exact) mass is 311 g/mol. The summed E-state index contributed by atoms with van der Waals surface area (Å²) >= 11 is 9.42. The Morgan fingerprint density at radius 3 is 2.59 bits per heavy atom. The molecule has 2 rings (SSSR count).